The Kier molecular flexibility index (Phi) is 3.75. The molecule has 0 rings (SSSR count). The second kappa shape index (κ2) is 3.80. The average molecular weight is 135 g/mol. The Morgan fingerprint density at radius 2 is 1.89 bits per heavy atom. The molecule has 2 heteroatoms. The molecule has 9 heavy (non-hydrogen) atoms. The molecule has 0 saturated carbocycles. The second-order valence-electron chi connectivity index (χ2n) is 2.58. The largest absolute Gasteiger partial charge is 0.251 e. The molecular formula is C7H13F2. The van der Waals surface area contributed by atoms with Gasteiger partial charge in [-0.3, -0.25) is 4.39 Å². The first-order chi connectivity index (χ1) is 4.09. The number of halogens is 2. The fraction of sp³-hybridized carbons (Fsp3) is 0.857. The van der Waals surface area contributed by atoms with Crippen LogP contribution in [0.5, 0.6) is 0 Å². The van der Waals surface area contributed by atoms with Crippen molar-refractivity contribution in [3.63, 3.8) is 0 Å². The van der Waals surface area contributed by atoms with Gasteiger partial charge in [0, 0.05) is 5.92 Å². The molecule has 0 aliphatic rings. The minimum absolute atomic E-state index is 0.0440. The van der Waals surface area contributed by atoms with E-state index in [1.165, 1.54) is 0 Å². The zero-order chi connectivity index (χ0) is 7.44. The minimum Gasteiger partial charge on any atom is -0.251 e. The normalized spacial score (nSPS) is 18.0. The third kappa shape index (κ3) is 2.78. The average Bonchev–Trinajstić information content (AvgIpc) is 1.64. The third-order valence-electron chi connectivity index (χ3n) is 1.50. The Hall–Kier alpha value is -0.140. The smallest absolute Gasteiger partial charge is 0.106 e. The van der Waals surface area contributed by atoms with Crippen LogP contribution in [0, 0.1) is 18.8 Å². The molecule has 0 saturated heterocycles. The summed E-state index contributed by atoms with van der Waals surface area (Å²) in [5, 5.41) is 0. The molecule has 0 heterocycles. The minimum atomic E-state index is -1.27. The highest BCUT2D eigenvalue weighted by Gasteiger charge is 2.19. The van der Waals surface area contributed by atoms with Gasteiger partial charge in [0.2, 0.25) is 0 Å². The van der Waals surface area contributed by atoms with E-state index in [9.17, 15) is 8.78 Å². The molecule has 0 fully saturated rings. The van der Waals surface area contributed by atoms with Crippen molar-refractivity contribution in [2.45, 2.75) is 20.0 Å². The number of hydrogen-bond donors (Lipinski definition) is 0. The van der Waals surface area contributed by atoms with Crippen LogP contribution in [0.25, 0.3) is 0 Å². The molecular weight excluding hydrogens is 122 g/mol. The highest BCUT2D eigenvalue weighted by Crippen LogP contribution is 2.17. The van der Waals surface area contributed by atoms with Crippen molar-refractivity contribution in [1.29, 1.82) is 0 Å². The van der Waals surface area contributed by atoms with Gasteiger partial charge in [-0.1, -0.05) is 13.8 Å². The standard InChI is InChI=1S/C7H13F2/c1-5(2)7(4-8)6(3)9/h5-7H,3-4H2,1-2H3. The van der Waals surface area contributed by atoms with Crippen molar-refractivity contribution >= 4 is 0 Å². The lowest BCUT2D eigenvalue weighted by molar-refractivity contribution is 0.180. The van der Waals surface area contributed by atoms with E-state index in [0.717, 1.165) is 0 Å². The van der Waals surface area contributed by atoms with Crippen molar-refractivity contribution in [2.24, 2.45) is 11.8 Å². The maximum absolute atomic E-state index is 12.3. The van der Waals surface area contributed by atoms with Gasteiger partial charge in [0.05, 0.1) is 6.67 Å². The molecule has 0 aliphatic carbocycles. The zero-order valence-corrected chi connectivity index (χ0v) is 5.90. The number of alkyl halides is 2. The van der Waals surface area contributed by atoms with Crippen molar-refractivity contribution < 1.29 is 8.78 Å². The molecule has 0 spiro atoms. The summed E-state index contributed by atoms with van der Waals surface area (Å²) in [4.78, 5) is 0. The SMILES string of the molecule is [CH2]C(F)C(CF)C(C)C. The monoisotopic (exact) mass is 135 g/mol. The Morgan fingerprint density at radius 3 is 1.89 bits per heavy atom. The van der Waals surface area contributed by atoms with E-state index >= 15 is 0 Å². The van der Waals surface area contributed by atoms with Gasteiger partial charge in [0.25, 0.3) is 0 Å². The van der Waals surface area contributed by atoms with E-state index in [1.807, 2.05) is 0 Å². The summed E-state index contributed by atoms with van der Waals surface area (Å²) in [7, 11) is 0. The molecule has 0 aromatic carbocycles. The van der Waals surface area contributed by atoms with Gasteiger partial charge in [-0.05, 0) is 12.8 Å². The van der Waals surface area contributed by atoms with Crippen LogP contribution in [-0.4, -0.2) is 12.8 Å². The number of rotatable bonds is 3. The second-order valence-corrected chi connectivity index (χ2v) is 2.58. The maximum atomic E-state index is 12.3. The zero-order valence-electron chi connectivity index (χ0n) is 5.90. The summed E-state index contributed by atoms with van der Waals surface area (Å²) in [6.07, 6.45) is -1.27. The van der Waals surface area contributed by atoms with Crippen molar-refractivity contribution in [3.8, 4) is 0 Å². The summed E-state index contributed by atoms with van der Waals surface area (Å²) >= 11 is 0. The van der Waals surface area contributed by atoms with Gasteiger partial charge in [-0.15, -0.1) is 0 Å². The fourth-order valence-corrected chi connectivity index (χ4v) is 0.692. The molecule has 0 amide bonds. The molecule has 55 valence electrons. The van der Waals surface area contributed by atoms with Gasteiger partial charge in [0.15, 0.2) is 0 Å². The molecule has 0 aliphatic heterocycles. The lowest BCUT2D eigenvalue weighted by Gasteiger charge is -2.17. The van der Waals surface area contributed by atoms with E-state index in [0.29, 0.717) is 0 Å². The topological polar surface area (TPSA) is 0 Å². The van der Waals surface area contributed by atoms with Crippen LogP contribution in [0.1, 0.15) is 13.8 Å². The Balaban J connectivity index is 3.68. The lowest BCUT2D eigenvalue weighted by Crippen LogP contribution is -2.20. The summed E-state index contributed by atoms with van der Waals surface area (Å²) in [6, 6.07) is 0. The first kappa shape index (κ1) is 8.86. The van der Waals surface area contributed by atoms with Crippen LogP contribution in [-0.2, 0) is 0 Å². The van der Waals surface area contributed by atoms with Crippen LogP contribution in [0.4, 0.5) is 8.78 Å². The Labute approximate surface area is 55.3 Å². The molecule has 2 atom stereocenters. The highest BCUT2D eigenvalue weighted by atomic mass is 19.1. The molecule has 0 N–H and O–H groups in total. The van der Waals surface area contributed by atoms with E-state index in [4.69, 9.17) is 0 Å². The number of hydrogen-bond acceptors (Lipinski definition) is 0. The van der Waals surface area contributed by atoms with Crippen LogP contribution >= 0.6 is 0 Å². The summed E-state index contributed by atoms with van der Waals surface area (Å²) in [5.41, 5.74) is 0. The van der Waals surface area contributed by atoms with E-state index < -0.39 is 18.8 Å². The molecule has 0 nitrogen and oxygen atoms in total. The van der Waals surface area contributed by atoms with Crippen LogP contribution in [0.2, 0.25) is 0 Å². The lowest BCUT2D eigenvalue weighted by atomic mass is 9.93. The van der Waals surface area contributed by atoms with Gasteiger partial charge in [-0.2, -0.15) is 0 Å². The summed E-state index contributed by atoms with van der Waals surface area (Å²) in [6.45, 7) is 6.10. The van der Waals surface area contributed by atoms with Gasteiger partial charge >= 0.3 is 0 Å². The van der Waals surface area contributed by atoms with Gasteiger partial charge < -0.3 is 0 Å². The van der Waals surface area contributed by atoms with Crippen molar-refractivity contribution in [3.05, 3.63) is 6.92 Å². The van der Waals surface area contributed by atoms with Crippen molar-refractivity contribution in [1.82, 2.24) is 0 Å². The van der Waals surface area contributed by atoms with Crippen LogP contribution in [0.15, 0.2) is 0 Å². The van der Waals surface area contributed by atoms with Crippen molar-refractivity contribution in [2.75, 3.05) is 6.67 Å². The van der Waals surface area contributed by atoms with Gasteiger partial charge in [0.1, 0.15) is 6.17 Å². The van der Waals surface area contributed by atoms with Gasteiger partial charge in [-0.25, -0.2) is 4.39 Å². The first-order valence-electron chi connectivity index (χ1n) is 3.12. The fourth-order valence-electron chi connectivity index (χ4n) is 0.692. The summed E-state index contributed by atoms with van der Waals surface area (Å²) in [5.74, 6) is -0.479. The first-order valence-corrected chi connectivity index (χ1v) is 3.12. The van der Waals surface area contributed by atoms with E-state index in [2.05, 4.69) is 6.92 Å². The Bertz CT molecular complexity index is 61.3. The maximum Gasteiger partial charge on any atom is 0.106 e. The molecule has 1 radical (unpaired) electrons. The van der Waals surface area contributed by atoms with Crippen LogP contribution in [0.3, 0.4) is 0 Å². The molecule has 0 bridgehead atoms. The van der Waals surface area contributed by atoms with E-state index in [-0.39, 0.29) is 5.92 Å². The predicted molar refractivity (Wildman–Crippen MR) is 34.6 cm³/mol. The molecule has 2 unspecified atom stereocenters. The third-order valence-corrected chi connectivity index (χ3v) is 1.50. The summed E-state index contributed by atoms with van der Waals surface area (Å²) < 4.78 is 24.1. The molecule has 0 aromatic heterocycles. The van der Waals surface area contributed by atoms with E-state index in [1.54, 1.807) is 13.8 Å². The Morgan fingerprint density at radius 1 is 1.44 bits per heavy atom. The van der Waals surface area contributed by atoms with Crippen LogP contribution < -0.4 is 0 Å². The quantitative estimate of drug-likeness (QED) is 0.557. The highest BCUT2D eigenvalue weighted by molar-refractivity contribution is 4.72. The molecule has 0 aromatic rings. The predicted octanol–water partition coefficient (Wildman–Crippen LogP) is 2.40.